The first-order chi connectivity index (χ1) is 11.3. The SMILES string of the molecule is COc1nc(C)ccc1C(=O)NCc1ccccc1OC(F)(F)F. The first-order valence-electron chi connectivity index (χ1n) is 6.93. The Bertz CT molecular complexity index is 733. The van der Waals surface area contributed by atoms with Gasteiger partial charge < -0.3 is 14.8 Å². The average molecular weight is 340 g/mol. The Morgan fingerprint density at radius 3 is 2.58 bits per heavy atom. The summed E-state index contributed by atoms with van der Waals surface area (Å²) >= 11 is 0. The number of benzene rings is 1. The lowest BCUT2D eigenvalue weighted by Crippen LogP contribution is -2.25. The van der Waals surface area contributed by atoms with E-state index in [4.69, 9.17) is 4.74 Å². The molecule has 1 N–H and O–H groups in total. The van der Waals surface area contributed by atoms with Crippen LogP contribution in [-0.4, -0.2) is 24.4 Å². The highest BCUT2D eigenvalue weighted by Gasteiger charge is 2.32. The van der Waals surface area contributed by atoms with Crippen molar-refractivity contribution in [3.05, 3.63) is 53.2 Å². The van der Waals surface area contributed by atoms with Gasteiger partial charge in [-0.3, -0.25) is 4.79 Å². The molecule has 5 nitrogen and oxygen atoms in total. The van der Waals surface area contributed by atoms with Crippen LogP contribution in [0.3, 0.4) is 0 Å². The molecule has 0 unspecified atom stereocenters. The number of aromatic nitrogens is 1. The second kappa shape index (κ2) is 7.20. The number of para-hydroxylation sites is 1. The Balaban J connectivity index is 2.13. The van der Waals surface area contributed by atoms with Crippen LogP contribution < -0.4 is 14.8 Å². The van der Waals surface area contributed by atoms with Crippen LogP contribution in [0.15, 0.2) is 36.4 Å². The van der Waals surface area contributed by atoms with E-state index < -0.39 is 12.3 Å². The molecule has 2 rings (SSSR count). The van der Waals surface area contributed by atoms with Gasteiger partial charge in [0.2, 0.25) is 5.88 Å². The molecule has 8 heteroatoms. The maximum absolute atomic E-state index is 12.4. The number of nitrogens with one attached hydrogen (secondary N) is 1. The fourth-order valence-electron chi connectivity index (χ4n) is 2.01. The zero-order valence-electron chi connectivity index (χ0n) is 13.0. The molecule has 0 fully saturated rings. The van der Waals surface area contributed by atoms with Crippen LogP contribution in [0.25, 0.3) is 0 Å². The Kier molecular flexibility index (Phi) is 5.28. The van der Waals surface area contributed by atoms with Crippen molar-refractivity contribution < 1.29 is 27.4 Å². The number of hydrogen-bond donors (Lipinski definition) is 1. The van der Waals surface area contributed by atoms with E-state index in [0.717, 1.165) is 0 Å². The molecule has 0 aliphatic carbocycles. The third-order valence-electron chi connectivity index (χ3n) is 3.08. The van der Waals surface area contributed by atoms with Crippen molar-refractivity contribution in [1.29, 1.82) is 0 Å². The fraction of sp³-hybridized carbons (Fsp3) is 0.250. The predicted molar refractivity (Wildman–Crippen MR) is 79.8 cm³/mol. The van der Waals surface area contributed by atoms with Crippen LogP contribution in [0.4, 0.5) is 13.2 Å². The third kappa shape index (κ3) is 4.61. The van der Waals surface area contributed by atoms with E-state index in [1.165, 1.54) is 31.4 Å². The van der Waals surface area contributed by atoms with Gasteiger partial charge in [-0.25, -0.2) is 4.98 Å². The van der Waals surface area contributed by atoms with Gasteiger partial charge in [0.15, 0.2) is 0 Å². The molecule has 0 spiro atoms. The monoisotopic (exact) mass is 340 g/mol. The number of carbonyl (C=O) groups is 1. The first kappa shape index (κ1) is 17.6. The number of aryl methyl sites for hydroxylation is 1. The molecule has 0 bridgehead atoms. The molecule has 2 aromatic rings. The maximum atomic E-state index is 12.4. The number of carbonyl (C=O) groups excluding carboxylic acids is 1. The van der Waals surface area contributed by atoms with Crippen molar-refractivity contribution in [3.63, 3.8) is 0 Å². The van der Waals surface area contributed by atoms with E-state index >= 15 is 0 Å². The summed E-state index contributed by atoms with van der Waals surface area (Å²) in [6.07, 6.45) is -4.80. The van der Waals surface area contributed by atoms with E-state index in [9.17, 15) is 18.0 Å². The summed E-state index contributed by atoms with van der Waals surface area (Å²) < 4.78 is 46.1. The van der Waals surface area contributed by atoms with Gasteiger partial charge in [-0.1, -0.05) is 18.2 Å². The second-order valence-electron chi connectivity index (χ2n) is 4.85. The molecule has 0 atom stereocenters. The highest BCUT2D eigenvalue weighted by Crippen LogP contribution is 2.26. The van der Waals surface area contributed by atoms with E-state index in [2.05, 4.69) is 15.0 Å². The van der Waals surface area contributed by atoms with Gasteiger partial charge in [0.1, 0.15) is 11.3 Å². The summed E-state index contributed by atoms with van der Waals surface area (Å²) in [6, 6.07) is 8.76. The van der Waals surface area contributed by atoms with E-state index in [0.29, 0.717) is 5.69 Å². The topological polar surface area (TPSA) is 60.5 Å². The smallest absolute Gasteiger partial charge is 0.480 e. The molecule has 1 aromatic carbocycles. The number of pyridine rings is 1. The highest BCUT2D eigenvalue weighted by atomic mass is 19.4. The van der Waals surface area contributed by atoms with Crippen molar-refractivity contribution in [3.8, 4) is 11.6 Å². The van der Waals surface area contributed by atoms with Gasteiger partial charge in [-0.15, -0.1) is 13.2 Å². The maximum Gasteiger partial charge on any atom is 0.573 e. The molecule has 1 heterocycles. The van der Waals surface area contributed by atoms with Crippen LogP contribution >= 0.6 is 0 Å². The largest absolute Gasteiger partial charge is 0.573 e. The number of ether oxygens (including phenoxy) is 2. The molecule has 0 radical (unpaired) electrons. The molecule has 128 valence electrons. The van der Waals surface area contributed by atoms with Gasteiger partial charge in [-0.05, 0) is 25.1 Å². The Morgan fingerprint density at radius 1 is 1.21 bits per heavy atom. The van der Waals surface area contributed by atoms with Crippen LogP contribution in [0.2, 0.25) is 0 Å². The minimum absolute atomic E-state index is 0.137. The predicted octanol–water partition coefficient (Wildman–Crippen LogP) is 3.23. The zero-order valence-corrected chi connectivity index (χ0v) is 13.0. The summed E-state index contributed by atoms with van der Waals surface area (Å²) in [5, 5.41) is 2.53. The molecular weight excluding hydrogens is 325 g/mol. The van der Waals surface area contributed by atoms with Crippen molar-refractivity contribution >= 4 is 5.91 Å². The Hall–Kier alpha value is -2.77. The van der Waals surface area contributed by atoms with Crippen molar-refractivity contribution in [2.45, 2.75) is 19.8 Å². The number of nitrogens with zero attached hydrogens (tertiary/aromatic N) is 1. The second-order valence-corrected chi connectivity index (χ2v) is 4.85. The van der Waals surface area contributed by atoms with Gasteiger partial charge in [0, 0.05) is 17.8 Å². The summed E-state index contributed by atoms with van der Waals surface area (Å²) in [7, 11) is 1.38. The van der Waals surface area contributed by atoms with Gasteiger partial charge in [-0.2, -0.15) is 0 Å². The summed E-state index contributed by atoms with van der Waals surface area (Å²) in [5.74, 6) is -0.729. The van der Waals surface area contributed by atoms with Crippen molar-refractivity contribution in [2.24, 2.45) is 0 Å². The van der Waals surface area contributed by atoms with Gasteiger partial charge in [0.25, 0.3) is 5.91 Å². The first-order valence-corrected chi connectivity index (χ1v) is 6.93. The molecule has 1 amide bonds. The molecule has 0 aliphatic heterocycles. The average Bonchev–Trinajstić information content (AvgIpc) is 2.52. The lowest BCUT2D eigenvalue weighted by atomic mass is 10.2. The quantitative estimate of drug-likeness (QED) is 0.908. The Labute approximate surface area is 136 Å². The molecule has 0 aliphatic rings. The number of halogens is 3. The van der Waals surface area contributed by atoms with Crippen LogP contribution in [0.1, 0.15) is 21.6 Å². The van der Waals surface area contributed by atoms with Gasteiger partial charge >= 0.3 is 6.36 Å². The number of amides is 1. The van der Waals surface area contributed by atoms with Crippen LogP contribution in [-0.2, 0) is 6.54 Å². The summed E-state index contributed by atoms with van der Waals surface area (Å²) in [5.41, 5.74) is 1.06. The highest BCUT2D eigenvalue weighted by molar-refractivity contribution is 5.96. The molecule has 0 saturated heterocycles. The lowest BCUT2D eigenvalue weighted by molar-refractivity contribution is -0.274. The normalized spacial score (nSPS) is 11.0. The number of methoxy groups -OCH3 is 1. The fourth-order valence-corrected chi connectivity index (χ4v) is 2.01. The zero-order chi connectivity index (χ0) is 17.7. The van der Waals surface area contributed by atoms with E-state index in [1.807, 2.05) is 0 Å². The van der Waals surface area contributed by atoms with Gasteiger partial charge in [0.05, 0.1) is 7.11 Å². The number of rotatable bonds is 5. The minimum atomic E-state index is -4.80. The number of alkyl halides is 3. The van der Waals surface area contributed by atoms with Crippen LogP contribution in [0.5, 0.6) is 11.6 Å². The molecule has 0 saturated carbocycles. The Morgan fingerprint density at radius 2 is 1.92 bits per heavy atom. The third-order valence-corrected chi connectivity index (χ3v) is 3.08. The molecular formula is C16H15F3N2O3. The lowest BCUT2D eigenvalue weighted by Gasteiger charge is -2.14. The summed E-state index contributed by atoms with van der Waals surface area (Å²) in [4.78, 5) is 16.3. The standard InChI is InChI=1S/C16H15F3N2O3/c1-10-7-8-12(15(21-10)23-2)14(22)20-9-11-5-3-4-6-13(11)24-16(17,18)19/h3-8H,9H2,1-2H3,(H,20,22). The molecule has 24 heavy (non-hydrogen) atoms. The van der Waals surface area contributed by atoms with E-state index in [1.54, 1.807) is 19.1 Å². The van der Waals surface area contributed by atoms with Crippen molar-refractivity contribution in [2.75, 3.05) is 7.11 Å². The van der Waals surface area contributed by atoms with E-state index in [-0.39, 0.29) is 29.3 Å². The minimum Gasteiger partial charge on any atom is -0.480 e. The van der Waals surface area contributed by atoms with Crippen molar-refractivity contribution in [1.82, 2.24) is 10.3 Å². The number of hydrogen-bond acceptors (Lipinski definition) is 4. The molecule has 1 aromatic heterocycles. The van der Waals surface area contributed by atoms with Crippen LogP contribution in [0, 0.1) is 6.92 Å². The summed E-state index contributed by atoms with van der Waals surface area (Å²) in [6.45, 7) is 1.61.